The van der Waals surface area contributed by atoms with Crippen LogP contribution in [0.5, 0.6) is 11.5 Å². The van der Waals surface area contributed by atoms with Gasteiger partial charge in [-0.2, -0.15) is 0 Å². The van der Waals surface area contributed by atoms with Crippen LogP contribution in [-0.2, 0) is 28.8 Å². The van der Waals surface area contributed by atoms with Crippen LogP contribution in [0.4, 0.5) is 0 Å². The Bertz CT molecular complexity index is 1310. The molecule has 2 fully saturated rings. The number of rotatable bonds is 10. The van der Waals surface area contributed by atoms with Crippen molar-refractivity contribution in [2.45, 2.75) is 75.4 Å². The van der Waals surface area contributed by atoms with Gasteiger partial charge in [0.05, 0.1) is 10.8 Å². The molecule has 3 nitrogen and oxygen atoms in total. The third-order valence-corrected chi connectivity index (χ3v) is 9.05. The molecule has 0 atom stereocenters. The van der Waals surface area contributed by atoms with E-state index in [4.69, 9.17) is 9.47 Å². The van der Waals surface area contributed by atoms with Crippen LogP contribution in [0.25, 0.3) is 0 Å². The molecule has 0 radical (unpaired) electrons. The second-order valence-corrected chi connectivity index (χ2v) is 11.5. The predicted molar refractivity (Wildman–Crippen MR) is 160 cm³/mol. The summed E-state index contributed by atoms with van der Waals surface area (Å²) >= 11 is 0. The van der Waals surface area contributed by atoms with Gasteiger partial charge in [0.25, 0.3) is 0 Å². The van der Waals surface area contributed by atoms with Crippen molar-refractivity contribution in [3.05, 3.63) is 131 Å². The molecular weight excluding hydrogens is 492 g/mol. The number of carbonyl (C=O) groups is 1. The van der Waals surface area contributed by atoms with Crippen molar-refractivity contribution in [3.8, 4) is 11.5 Å². The fourth-order valence-corrected chi connectivity index (χ4v) is 6.96. The number of carbonyl (C=O) groups excluding carboxylic acids is 1. The fourth-order valence-electron chi connectivity index (χ4n) is 6.96. The summed E-state index contributed by atoms with van der Waals surface area (Å²) in [6.07, 6.45) is 7.93. The quantitative estimate of drug-likeness (QED) is 0.206. The molecule has 40 heavy (non-hydrogen) atoms. The molecule has 0 unspecified atom stereocenters. The Morgan fingerprint density at radius 1 is 0.525 bits per heavy atom. The highest BCUT2D eigenvalue weighted by Gasteiger charge is 2.54. The Morgan fingerprint density at radius 3 is 1.32 bits per heavy atom. The van der Waals surface area contributed by atoms with Crippen LogP contribution in [0.15, 0.2) is 109 Å². The van der Waals surface area contributed by atoms with Crippen molar-refractivity contribution >= 4 is 5.78 Å². The SMILES string of the molecule is O=C(C1(c2cccc(OCc3ccccc3)c2)CCCC1)C1(c2cccc(OCc3ccccc3)c2)CCCC1. The van der Waals surface area contributed by atoms with E-state index in [0.29, 0.717) is 19.0 Å². The van der Waals surface area contributed by atoms with E-state index >= 15 is 0 Å². The molecule has 2 aliphatic rings. The summed E-state index contributed by atoms with van der Waals surface area (Å²) in [5.74, 6) is 2.06. The minimum absolute atomic E-state index is 0.399. The summed E-state index contributed by atoms with van der Waals surface area (Å²) in [5.41, 5.74) is 3.55. The molecule has 0 amide bonds. The van der Waals surface area contributed by atoms with Crippen LogP contribution >= 0.6 is 0 Å². The zero-order chi connectivity index (χ0) is 27.3. The maximum Gasteiger partial charge on any atom is 0.153 e. The molecule has 0 spiro atoms. The molecule has 204 valence electrons. The van der Waals surface area contributed by atoms with Crippen molar-refractivity contribution in [3.63, 3.8) is 0 Å². The third kappa shape index (κ3) is 5.30. The lowest BCUT2D eigenvalue weighted by Gasteiger charge is -2.39. The highest BCUT2D eigenvalue weighted by Crippen LogP contribution is 2.52. The van der Waals surface area contributed by atoms with Crippen LogP contribution in [0, 0.1) is 0 Å². The molecule has 6 rings (SSSR count). The Labute approximate surface area is 238 Å². The molecule has 0 aliphatic heterocycles. The van der Waals surface area contributed by atoms with Gasteiger partial charge in [0.15, 0.2) is 5.78 Å². The maximum absolute atomic E-state index is 15.0. The lowest BCUT2D eigenvalue weighted by Crippen LogP contribution is -2.46. The third-order valence-electron chi connectivity index (χ3n) is 9.05. The van der Waals surface area contributed by atoms with Gasteiger partial charge in [0.2, 0.25) is 0 Å². The van der Waals surface area contributed by atoms with E-state index in [0.717, 1.165) is 85.1 Å². The molecule has 0 aromatic heterocycles. The summed E-state index contributed by atoms with van der Waals surface area (Å²) in [7, 11) is 0. The summed E-state index contributed by atoms with van der Waals surface area (Å²) in [4.78, 5) is 15.0. The van der Waals surface area contributed by atoms with Gasteiger partial charge in [0.1, 0.15) is 24.7 Å². The molecule has 2 saturated carbocycles. The average molecular weight is 531 g/mol. The second-order valence-electron chi connectivity index (χ2n) is 11.5. The largest absolute Gasteiger partial charge is 0.489 e. The highest BCUT2D eigenvalue weighted by atomic mass is 16.5. The first-order chi connectivity index (χ1) is 19.7. The van der Waals surface area contributed by atoms with Gasteiger partial charge in [-0.1, -0.05) is 111 Å². The zero-order valence-corrected chi connectivity index (χ0v) is 23.2. The van der Waals surface area contributed by atoms with Gasteiger partial charge in [-0.25, -0.2) is 0 Å². The van der Waals surface area contributed by atoms with E-state index in [2.05, 4.69) is 60.7 Å². The summed E-state index contributed by atoms with van der Waals surface area (Å²) in [6.45, 7) is 1.04. The number of ether oxygens (including phenoxy) is 2. The molecule has 0 saturated heterocycles. The summed E-state index contributed by atoms with van der Waals surface area (Å²) < 4.78 is 12.4. The monoisotopic (exact) mass is 530 g/mol. The summed E-state index contributed by atoms with van der Waals surface area (Å²) in [6, 6.07) is 37.2. The van der Waals surface area contributed by atoms with Gasteiger partial charge in [-0.3, -0.25) is 4.79 Å². The molecule has 2 aliphatic carbocycles. The van der Waals surface area contributed by atoms with Crippen molar-refractivity contribution in [1.82, 2.24) is 0 Å². The number of benzene rings is 4. The zero-order valence-electron chi connectivity index (χ0n) is 23.2. The molecular formula is C37H38O3. The molecule has 3 heteroatoms. The first kappa shape index (κ1) is 26.4. The topological polar surface area (TPSA) is 35.5 Å². The van der Waals surface area contributed by atoms with E-state index in [9.17, 15) is 4.79 Å². The molecule has 4 aromatic carbocycles. The van der Waals surface area contributed by atoms with E-state index in [1.165, 1.54) is 0 Å². The average Bonchev–Trinajstić information content (AvgIpc) is 3.72. The predicted octanol–water partition coefficient (Wildman–Crippen LogP) is 8.74. The number of hydrogen-bond donors (Lipinski definition) is 0. The van der Waals surface area contributed by atoms with E-state index in [-0.39, 0.29) is 0 Å². The Kier molecular flexibility index (Phi) is 7.73. The Hall–Kier alpha value is -3.85. The smallest absolute Gasteiger partial charge is 0.153 e. The van der Waals surface area contributed by atoms with Crippen LogP contribution < -0.4 is 9.47 Å². The molecule has 0 N–H and O–H groups in total. The Balaban J connectivity index is 1.29. The van der Waals surface area contributed by atoms with Gasteiger partial charge in [-0.05, 0) is 72.2 Å². The standard InChI is InChI=1S/C37H38O3/c38-35(36(21-7-8-22-36)31-17-11-19-33(25-31)39-27-29-13-3-1-4-14-29)37(23-9-10-24-37)32-18-12-20-34(26-32)40-28-30-15-5-2-6-16-30/h1-6,11-20,25-26H,7-10,21-24,27-28H2. The van der Waals surface area contributed by atoms with Gasteiger partial charge < -0.3 is 9.47 Å². The van der Waals surface area contributed by atoms with E-state index in [1.54, 1.807) is 0 Å². The molecule has 4 aromatic rings. The highest BCUT2D eigenvalue weighted by molar-refractivity contribution is 5.99. The normalized spacial score (nSPS) is 17.4. The summed E-state index contributed by atoms with van der Waals surface area (Å²) in [5, 5.41) is 0. The number of hydrogen-bond acceptors (Lipinski definition) is 3. The van der Waals surface area contributed by atoms with Crippen molar-refractivity contribution < 1.29 is 14.3 Å². The lowest BCUT2D eigenvalue weighted by molar-refractivity contribution is -0.130. The van der Waals surface area contributed by atoms with E-state index < -0.39 is 10.8 Å². The van der Waals surface area contributed by atoms with Crippen molar-refractivity contribution in [2.24, 2.45) is 0 Å². The van der Waals surface area contributed by atoms with Gasteiger partial charge in [0, 0.05) is 0 Å². The van der Waals surface area contributed by atoms with Crippen LogP contribution in [-0.4, -0.2) is 5.78 Å². The molecule has 0 bridgehead atoms. The Morgan fingerprint density at radius 2 is 0.925 bits per heavy atom. The van der Waals surface area contributed by atoms with Crippen LogP contribution in [0.3, 0.4) is 0 Å². The first-order valence-corrected chi connectivity index (χ1v) is 14.8. The lowest BCUT2D eigenvalue weighted by atomic mass is 9.62. The van der Waals surface area contributed by atoms with Gasteiger partial charge >= 0.3 is 0 Å². The van der Waals surface area contributed by atoms with Crippen LogP contribution in [0.1, 0.15) is 73.6 Å². The van der Waals surface area contributed by atoms with E-state index in [1.807, 2.05) is 48.5 Å². The minimum Gasteiger partial charge on any atom is -0.489 e. The van der Waals surface area contributed by atoms with Gasteiger partial charge in [-0.15, -0.1) is 0 Å². The maximum atomic E-state index is 15.0. The molecule has 0 heterocycles. The van der Waals surface area contributed by atoms with Crippen molar-refractivity contribution in [1.29, 1.82) is 0 Å². The van der Waals surface area contributed by atoms with Crippen molar-refractivity contribution in [2.75, 3.05) is 0 Å². The second kappa shape index (κ2) is 11.7. The fraction of sp³-hybridized carbons (Fsp3) is 0.324. The first-order valence-electron chi connectivity index (χ1n) is 14.8. The number of Topliss-reactive ketones (excluding diaryl/α,β-unsaturated/α-hetero) is 1. The van der Waals surface area contributed by atoms with Crippen LogP contribution in [0.2, 0.25) is 0 Å². The minimum atomic E-state index is -0.475. The number of ketones is 1.